The van der Waals surface area contributed by atoms with Crippen LogP contribution in [0, 0.1) is 0 Å². The first kappa shape index (κ1) is 12.0. The van der Waals surface area contributed by atoms with Crippen molar-refractivity contribution in [3.05, 3.63) is 35.4 Å². The molecular formula is C8H6O4Sn. The van der Waals surface area contributed by atoms with E-state index in [1.54, 1.807) is 0 Å². The SMILES string of the molecule is O=C([O-])c1ccc(C(=O)[O-])cc1.[SnH2+2]. The molecule has 0 aliphatic rings. The van der Waals surface area contributed by atoms with Crippen molar-refractivity contribution in [2.75, 3.05) is 0 Å². The van der Waals surface area contributed by atoms with Gasteiger partial charge >= 0.3 is 23.9 Å². The topological polar surface area (TPSA) is 80.3 Å². The molecular weight excluding hydrogens is 279 g/mol. The third kappa shape index (κ3) is 3.06. The molecule has 0 radical (unpaired) electrons. The van der Waals surface area contributed by atoms with Gasteiger partial charge < -0.3 is 19.8 Å². The van der Waals surface area contributed by atoms with Gasteiger partial charge in [-0.15, -0.1) is 0 Å². The standard InChI is InChI=1S/C8H6O4.Sn.2H/c9-7(10)5-1-2-6(4-3-5)8(11)12;;;/h1-4H,(H,9,10)(H,11,12);;;/q;+2;;/p-2. The summed E-state index contributed by atoms with van der Waals surface area (Å²) >= 11 is 0. The molecule has 0 fully saturated rings. The molecule has 0 amide bonds. The summed E-state index contributed by atoms with van der Waals surface area (Å²) in [6, 6.07) is 4.61. The Morgan fingerprint density at radius 3 is 1.23 bits per heavy atom. The van der Waals surface area contributed by atoms with Crippen molar-refractivity contribution in [1.82, 2.24) is 0 Å². The Hall–Kier alpha value is -1.04. The molecule has 1 rings (SSSR count). The first-order chi connectivity index (χ1) is 5.61. The summed E-state index contributed by atoms with van der Waals surface area (Å²) in [5, 5.41) is 20.4. The van der Waals surface area contributed by atoms with Crippen LogP contribution < -0.4 is 10.2 Å². The van der Waals surface area contributed by atoms with E-state index < -0.39 is 11.9 Å². The van der Waals surface area contributed by atoms with E-state index in [-0.39, 0.29) is 35.0 Å². The van der Waals surface area contributed by atoms with Crippen LogP contribution in [0.2, 0.25) is 0 Å². The fourth-order valence-corrected chi connectivity index (χ4v) is 0.742. The van der Waals surface area contributed by atoms with Gasteiger partial charge in [0.25, 0.3) is 0 Å². The van der Waals surface area contributed by atoms with Crippen LogP contribution in [0.1, 0.15) is 20.7 Å². The van der Waals surface area contributed by atoms with Crippen molar-refractivity contribution in [3.63, 3.8) is 0 Å². The average Bonchev–Trinajstić information content (AvgIpc) is 2.04. The van der Waals surface area contributed by atoms with Crippen LogP contribution in [0.5, 0.6) is 0 Å². The van der Waals surface area contributed by atoms with Gasteiger partial charge in [0.05, 0.1) is 11.9 Å². The van der Waals surface area contributed by atoms with Gasteiger partial charge in [0, 0.05) is 0 Å². The number of hydrogen-bond donors (Lipinski definition) is 0. The molecule has 0 aliphatic carbocycles. The second kappa shape index (κ2) is 4.86. The molecule has 1 aromatic carbocycles. The molecule has 0 heterocycles. The normalized spacial score (nSPS) is 8.62. The van der Waals surface area contributed by atoms with Gasteiger partial charge in [-0.05, 0) is 11.1 Å². The summed E-state index contributed by atoms with van der Waals surface area (Å²) in [6.45, 7) is 0. The Morgan fingerprint density at radius 2 is 1.08 bits per heavy atom. The number of carbonyl (C=O) groups excluding carboxylic acids is 2. The van der Waals surface area contributed by atoms with E-state index in [2.05, 4.69) is 0 Å². The number of rotatable bonds is 2. The van der Waals surface area contributed by atoms with E-state index in [4.69, 9.17) is 0 Å². The summed E-state index contributed by atoms with van der Waals surface area (Å²) in [7, 11) is 0. The van der Waals surface area contributed by atoms with Crippen molar-refractivity contribution in [2.24, 2.45) is 0 Å². The Morgan fingerprint density at radius 1 is 0.846 bits per heavy atom. The summed E-state index contributed by atoms with van der Waals surface area (Å²) in [5.74, 6) is -2.67. The van der Waals surface area contributed by atoms with Gasteiger partial charge in [-0.3, -0.25) is 0 Å². The number of benzene rings is 1. The molecule has 0 spiro atoms. The molecule has 0 N–H and O–H groups in total. The van der Waals surface area contributed by atoms with E-state index in [1.165, 1.54) is 0 Å². The Labute approximate surface area is 91.2 Å². The molecule has 0 saturated heterocycles. The summed E-state index contributed by atoms with van der Waals surface area (Å²) in [6.07, 6.45) is 0. The van der Waals surface area contributed by atoms with Gasteiger partial charge in [-0.25, -0.2) is 0 Å². The molecule has 0 bridgehead atoms. The number of carboxylic acids is 2. The number of carboxylic acid groups (broad SMARTS) is 2. The molecule has 13 heavy (non-hydrogen) atoms. The molecule has 0 aromatic heterocycles. The van der Waals surface area contributed by atoms with Crippen molar-refractivity contribution >= 4 is 35.8 Å². The van der Waals surface area contributed by atoms with Crippen LogP contribution in [0.3, 0.4) is 0 Å². The molecule has 0 atom stereocenters. The summed E-state index contributed by atoms with van der Waals surface area (Å²) in [5.41, 5.74) is -0.111. The average molecular weight is 285 g/mol. The Kier molecular flexibility index (Phi) is 4.47. The van der Waals surface area contributed by atoms with Gasteiger partial charge in [0.2, 0.25) is 0 Å². The maximum absolute atomic E-state index is 10.2. The van der Waals surface area contributed by atoms with Crippen LogP contribution in [0.15, 0.2) is 24.3 Å². The number of aromatic carboxylic acids is 2. The summed E-state index contributed by atoms with van der Waals surface area (Å²) < 4.78 is 0. The van der Waals surface area contributed by atoms with Crippen LogP contribution in [0.25, 0.3) is 0 Å². The predicted molar refractivity (Wildman–Crippen MR) is 43.6 cm³/mol. The van der Waals surface area contributed by atoms with Gasteiger partial charge in [-0.1, -0.05) is 24.3 Å². The minimum atomic E-state index is -1.33. The molecule has 66 valence electrons. The van der Waals surface area contributed by atoms with Crippen molar-refractivity contribution in [3.8, 4) is 0 Å². The second-order valence-electron chi connectivity index (χ2n) is 2.15. The number of carbonyl (C=O) groups is 2. The van der Waals surface area contributed by atoms with E-state index in [0.29, 0.717) is 0 Å². The fourth-order valence-electron chi connectivity index (χ4n) is 0.742. The van der Waals surface area contributed by atoms with Gasteiger partial charge in [0.15, 0.2) is 0 Å². The van der Waals surface area contributed by atoms with Gasteiger partial charge in [0.1, 0.15) is 0 Å². The van der Waals surface area contributed by atoms with Crippen LogP contribution in [-0.4, -0.2) is 35.8 Å². The first-order valence-electron chi connectivity index (χ1n) is 3.14. The van der Waals surface area contributed by atoms with Crippen molar-refractivity contribution in [1.29, 1.82) is 0 Å². The third-order valence-electron chi connectivity index (χ3n) is 1.36. The molecule has 0 saturated carbocycles. The van der Waals surface area contributed by atoms with Crippen molar-refractivity contribution in [2.45, 2.75) is 0 Å². The maximum atomic E-state index is 10.2. The van der Waals surface area contributed by atoms with E-state index in [1.807, 2.05) is 0 Å². The predicted octanol–water partition coefficient (Wildman–Crippen LogP) is -2.50. The first-order valence-corrected chi connectivity index (χ1v) is 3.14. The zero-order chi connectivity index (χ0) is 9.14. The molecule has 1 aromatic rings. The van der Waals surface area contributed by atoms with Crippen LogP contribution in [-0.2, 0) is 0 Å². The second-order valence-corrected chi connectivity index (χ2v) is 2.15. The molecule has 4 nitrogen and oxygen atoms in total. The number of hydrogen-bond acceptors (Lipinski definition) is 4. The zero-order valence-corrected chi connectivity index (χ0v) is 10.7. The molecule has 0 unspecified atom stereocenters. The molecule has 0 aliphatic heterocycles. The monoisotopic (exact) mass is 286 g/mol. The Bertz CT molecular complexity index is 284. The van der Waals surface area contributed by atoms with E-state index in [0.717, 1.165) is 24.3 Å². The third-order valence-corrected chi connectivity index (χ3v) is 1.36. The quantitative estimate of drug-likeness (QED) is 0.562. The van der Waals surface area contributed by atoms with E-state index >= 15 is 0 Å². The van der Waals surface area contributed by atoms with Gasteiger partial charge in [-0.2, -0.15) is 0 Å². The molecule has 5 heteroatoms. The minimum absolute atomic E-state index is 0. The van der Waals surface area contributed by atoms with E-state index in [9.17, 15) is 19.8 Å². The summed E-state index contributed by atoms with van der Waals surface area (Å²) in [4.78, 5) is 20.4. The fraction of sp³-hybridized carbons (Fsp3) is 0. The van der Waals surface area contributed by atoms with Crippen LogP contribution in [0.4, 0.5) is 0 Å². The zero-order valence-electron chi connectivity index (χ0n) is 6.65. The Balaban J connectivity index is 0.00000144. The van der Waals surface area contributed by atoms with Crippen molar-refractivity contribution < 1.29 is 19.8 Å². The van der Waals surface area contributed by atoms with Crippen LogP contribution >= 0.6 is 0 Å².